The van der Waals surface area contributed by atoms with Crippen molar-refractivity contribution in [3.05, 3.63) is 32.4 Å². The fraction of sp³-hybridized carbons (Fsp3) is 0.417. The van der Waals surface area contributed by atoms with E-state index in [0.29, 0.717) is 29.6 Å². The van der Waals surface area contributed by atoms with Gasteiger partial charge in [-0.15, -0.1) is 11.6 Å². The second-order valence-electron chi connectivity index (χ2n) is 3.61. The van der Waals surface area contributed by atoms with Crippen molar-refractivity contribution in [3.8, 4) is 0 Å². The molecule has 1 aromatic carbocycles. The minimum Gasteiger partial charge on any atom is -0.337 e. The number of alkyl halides is 1. The van der Waals surface area contributed by atoms with Crippen LogP contribution in [-0.4, -0.2) is 29.8 Å². The largest absolute Gasteiger partial charge is 0.337 e. The van der Waals surface area contributed by atoms with E-state index in [0.717, 1.165) is 9.99 Å². The molecule has 2 nitrogen and oxygen atoms in total. The van der Waals surface area contributed by atoms with E-state index < -0.39 is 0 Å². The standard InChI is InChI=1S/C12H14Cl2INO/c1-2-6-16(7-5-13)12(17)10-8-9(14)3-4-11(10)15/h3-4,8H,2,5-7H2,1H3. The summed E-state index contributed by atoms with van der Waals surface area (Å²) in [5, 5.41) is 0.580. The Bertz CT molecular complexity index is 392. The molecule has 0 aromatic heterocycles. The predicted molar refractivity (Wildman–Crippen MR) is 81.1 cm³/mol. The predicted octanol–water partition coefficient (Wildman–Crippen LogP) is 4.04. The summed E-state index contributed by atoms with van der Waals surface area (Å²) in [4.78, 5) is 14.1. The monoisotopic (exact) mass is 385 g/mol. The van der Waals surface area contributed by atoms with Gasteiger partial charge in [0.1, 0.15) is 0 Å². The molecule has 0 atom stereocenters. The van der Waals surface area contributed by atoms with Gasteiger partial charge in [-0.3, -0.25) is 4.79 Å². The van der Waals surface area contributed by atoms with Crippen molar-refractivity contribution in [1.82, 2.24) is 4.90 Å². The summed E-state index contributed by atoms with van der Waals surface area (Å²) in [6.07, 6.45) is 0.916. The molecule has 0 unspecified atom stereocenters. The number of halogens is 3. The third-order valence-electron chi connectivity index (χ3n) is 2.29. The van der Waals surface area contributed by atoms with Crippen LogP contribution in [0.15, 0.2) is 18.2 Å². The molecule has 0 fully saturated rings. The van der Waals surface area contributed by atoms with Crippen LogP contribution in [0, 0.1) is 3.57 Å². The van der Waals surface area contributed by atoms with E-state index in [1.165, 1.54) is 0 Å². The van der Waals surface area contributed by atoms with Gasteiger partial charge in [-0.05, 0) is 47.2 Å². The van der Waals surface area contributed by atoms with Gasteiger partial charge in [0.2, 0.25) is 0 Å². The number of amides is 1. The molecule has 94 valence electrons. The number of carbonyl (C=O) groups is 1. The number of hydrogen-bond donors (Lipinski definition) is 0. The number of carbonyl (C=O) groups excluding carboxylic acids is 1. The molecule has 1 aromatic rings. The lowest BCUT2D eigenvalue weighted by Gasteiger charge is -2.21. The summed E-state index contributed by atoms with van der Waals surface area (Å²) in [5.74, 6) is 0.447. The Hall–Kier alpha value is -0.000000000000000111. The zero-order valence-electron chi connectivity index (χ0n) is 9.55. The van der Waals surface area contributed by atoms with Gasteiger partial charge in [0.25, 0.3) is 5.91 Å². The molecule has 0 bridgehead atoms. The van der Waals surface area contributed by atoms with Crippen molar-refractivity contribution in [2.45, 2.75) is 13.3 Å². The summed E-state index contributed by atoms with van der Waals surface area (Å²) < 4.78 is 0.910. The number of nitrogens with zero attached hydrogens (tertiary/aromatic N) is 1. The van der Waals surface area contributed by atoms with Gasteiger partial charge in [-0.1, -0.05) is 18.5 Å². The van der Waals surface area contributed by atoms with E-state index in [-0.39, 0.29) is 5.91 Å². The number of benzene rings is 1. The fourth-order valence-electron chi connectivity index (χ4n) is 1.52. The maximum absolute atomic E-state index is 12.3. The molecule has 1 amide bonds. The van der Waals surface area contributed by atoms with Crippen LogP contribution in [0.4, 0.5) is 0 Å². The number of hydrogen-bond acceptors (Lipinski definition) is 1. The van der Waals surface area contributed by atoms with Gasteiger partial charge in [0.15, 0.2) is 0 Å². The van der Waals surface area contributed by atoms with Gasteiger partial charge >= 0.3 is 0 Å². The number of rotatable bonds is 5. The smallest absolute Gasteiger partial charge is 0.255 e. The first-order valence-electron chi connectivity index (χ1n) is 5.40. The quantitative estimate of drug-likeness (QED) is 0.553. The first-order chi connectivity index (χ1) is 8.10. The zero-order valence-corrected chi connectivity index (χ0v) is 13.2. The minimum atomic E-state index is -0.000556. The molecule has 0 N–H and O–H groups in total. The van der Waals surface area contributed by atoms with Crippen molar-refractivity contribution < 1.29 is 4.79 Å². The van der Waals surface area contributed by atoms with Crippen molar-refractivity contribution >= 4 is 51.7 Å². The molecule has 0 aliphatic rings. The van der Waals surface area contributed by atoms with Crippen molar-refractivity contribution in [1.29, 1.82) is 0 Å². The van der Waals surface area contributed by atoms with Gasteiger partial charge < -0.3 is 4.90 Å². The average molecular weight is 386 g/mol. The van der Waals surface area contributed by atoms with E-state index in [2.05, 4.69) is 22.6 Å². The van der Waals surface area contributed by atoms with Crippen LogP contribution < -0.4 is 0 Å². The third kappa shape index (κ3) is 4.30. The Labute approximate surface area is 125 Å². The molecule has 1 rings (SSSR count). The highest BCUT2D eigenvalue weighted by Gasteiger charge is 2.17. The summed E-state index contributed by atoms with van der Waals surface area (Å²) >= 11 is 13.8. The molecular weight excluding hydrogens is 372 g/mol. The Balaban J connectivity index is 2.95. The highest BCUT2D eigenvalue weighted by molar-refractivity contribution is 14.1. The van der Waals surface area contributed by atoms with E-state index in [9.17, 15) is 4.79 Å². The highest BCUT2D eigenvalue weighted by atomic mass is 127. The van der Waals surface area contributed by atoms with Crippen LogP contribution in [-0.2, 0) is 0 Å². The van der Waals surface area contributed by atoms with E-state index in [1.54, 1.807) is 17.0 Å². The van der Waals surface area contributed by atoms with Gasteiger partial charge in [-0.2, -0.15) is 0 Å². The molecule has 0 heterocycles. The molecule has 0 saturated heterocycles. The second-order valence-corrected chi connectivity index (χ2v) is 5.58. The Kier molecular flexibility index (Phi) is 6.59. The molecule has 17 heavy (non-hydrogen) atoms. The first kappa shape index (κ1) is 15.1. The van der Waals surface area contributed by atoms with Crippen LogP contribution in [0.2, 0.25) is 5.02 Å². The van der Waals surface area contributed by atoms with Crippen molar-refractivity contribution in [2.24, 2.45) is 0 Å². The van der Waals surface area contributed by atoms with Gasteiger partial charge in [0, 0.05) is 27.6 Å². The molecular formula is C12H14Cl2INO. The SMILES string of the molecule is CCCN(CCCl)C(=O)c1cc(Cl)ccc1I. The first-order valence-corrected chi connectivity index (χ1v) is 7.39. The Morgan fingerprint density at radius 3 is 2.71 bits per heavy atom. The van der Waals surface area contributed by atoms with Crippen LogP contribution >= 0.6 is 45.8 Å². The molecule has 0 saturated carbocycles. The maximum Gasteiger partial charge on any atom is 0.255 e. The van der Waals surface area contributed by atoms with Crippen LogP contribution in [0.1, 0.15) is 23.7 Å². The molecule has 0 radical (unpaired) electrons. The highest BCUT2D eigenvalue weighted by Crippen LogP contribution is 2.19. The second kappa shape index (κ2) is 7.44. The van der Waals surface area contributed by atoms with Crippen molar-refractivity contribution in [3.63, 3.8) is 0 Å². The van der Waals surface area contributed by atoms with Crippen LogP contribution in [0.3, 0.4) is 0 Å². The minimum absolute atomic E-state index is 0.000556. The van der Waals surface area contributed by atoms with E-state index in [1.807, 2.05) is 13.0 Å². The Morgan fingerprint density at radius 1 is 1.41 bits per heavy atom. The zero-order chi connectivity index (χ0) is 12.8. The Morgan fingerprint density at radius 2 is 2.12 bits per heavy atom. The molecule has 0 aliphatic heterocycles. The molecule has 0 spiro atoms. The average Bonchev–Trinajstić information content (AvgIpc) is 2.31. The molecule has 5 heteroatoms. The van der Waals surface area contributed by atoms with Gasteiger partial charge in [-0.25, -0.2) is 0 Å². The van der Waals surface area contributed by atoms with Gasteiger partial charge in [0.05, 0.1) is 5.56 Å². The van der Waals surface area contributed by atoms with Crippen LogP contribution in [0.25, 0.3) is 0 Å². The van der Waals surface area contributed by atoms with Crippen molar-refractivity contribution in [2.75, 3.05) is 19.0 Å². The third-order valence-corrected chi connectivity index (χ3v) is 3.64. The van der Waals surface area contributed by atoms with Crippen LogP contribution in [0.5, 0.6) is 0 Å². The summed E-state index contributed by atoms with van der Waals surface area (Å²) in [7, 11) is 0. The topological polar surface area (TPSA) is 20.3 Å². The lowest BCUT2D eigenvalue weighted by molar-refractivity contribution is 0.0764. The summed E-state index contributed by atoms with van der Waals surface area (Å²) in [6, 6.07) is 5.34. The lowest BCUT2D eigenvalue weighted by atomic mass is 10.2. The normalized spacial score (nSPS) is 10.4. The van der Waals surface area contributed by atoms with E-state index >= 15 is 0 Å². The fourth-order valence-corrected chi connectivity index (χ4v) is 2.46. The summed E-state index contributed by atoms with van der Waals surface area (Å²) in [6.45, 7) is 3.32. The molecule has 0 aliphatic carbocycles. The maximum atomic E-state index is 12.3. The summed E-state index contributed by atoms with van der Waals surface area (Å²) in [5.41, 5.74) is 0.650. The lowest BCUT2D eigenvalue weighted by Crippen LogP contribution is -2.33. The van der Waals surface area contributed by atoms with E-state index in [4.69, 9.17) is 23.2 Å².